The van der Waals surface area contributed by atoms with Crippen LogP contribution in [0.2, 0.25) is 19.6 Å². The van der Waals surface area contributed by atoms with Crippen molar-refractivity contribution in [1.82, 2.24) is 4.90 Å². The normalized spacial score (nSPS) is 30.3. The van der Waals surface area contributed by atoms with E-state index in [2.05, 4.69) is 54.9 Å². The highest BCUT2D eigenvalue weighted by atomic mass is 28.4. The van der Waals surface area contributed by atoms with E-state index in [4.69, 9.17) is 4.43 Å². The molecular weight excluding hydrogens is 274 g/mol. The molecule has 0 saturated carbocycles. The molecule has 2 fully saturated rings. The lowest BCUT2D eigenvalue weighted by Gasteiger charge is -2.49. The first kappa shape index (κ1) is 15.3. The highest BCUT2D eigenvalue weighted by molar-refractivity contribution is 6.69. The lowest BCUT2D eigenvalue weighted by molar-refractivity contribution is -0.0246. The minimum atomic E-state index is -1.41. The van der Waals surface area contributed by atoms with Crippen LogP contribution in [0.1, 0.15) is 37.7 Å². The quantitative estimate of drug-likeness (QED) is 0.763. The summed E-state index contributed by atoms with van der Waals surface area (Å²) >= 11 is 0. The third kappa shape index (κ3) is 3.96. The van der Waals surface area contributed by atoms with Gasteiger partial charge in [0.05, 0.1) is 0 Å². The summed E-state index contributed by atoms with van der Waals surface area (Å²) in [4.78, 5) is 2.77. The molecule has 2 aliphatic rings. The van der Waals surface area contributed by atoms with Crippen molar-refractivity contribution in [3.8, 4) is 0 Å². The average Bonchev–Trinajstić information content (AvgIpc) is 2.39. The van der Waals surface area contributed by atoms with E-state index in [1.165, 1.54) is 37.7 Å². The van der Waals surface area contributed by atoms with Crippen LogP contribution in [0.4, 0.5) is 0 Å². The predicted molar refractivity (Wildman–Crippen MR) is 90.9 cm³/mol. The van der Waals surface area contributed by atoms with Crippen molar-refractivity contribution < 1.29 is 4.43 Å². The highest BCUT2D eigenvalue weighted by Gasteiger charge is 2.39. The molecule has 3 heteroatoms. The summed E-state index contributed by atoms with van der Waals surface area (Å²) < 4.78 is 6.43. The lowest BCUT2D eigenvalue weighted by atomic mass is 9.82. The molecule has 2 unspecified atom stereocenters. The third-order valence-corrected chi connectivity index (χ3v) is 5.85. The Balaban J connectivity index is 1.67. The van der Waals surface area contributed by atoms with Crippen LogP contribution in [0.15, 0.2) is 30.3 Å². The molecular formula is C18H29NOSi. The molecule has 0 aliphatic carbocycles. The van der Waals surface area contributed by atoms with Crippen molar-refractivity contribution in [3.63, 3.8) is 0 Å². The number of piperidine rings is 2. The Labute approximate surface area is 130 Å². The van der Waals surface area contributed by atoms with Gasteiger partial charge in [0.1, 0.15) is 0 Å². The van der Waals surface area contributed by atoms with Crippen molar-refractivity contribution in [2.24, 2.45) is 0 Å². The third-order valence-electron chi connectivity index (χ3n) is 4.81. The Hall–Kier alpha value is -0.643. The van der Waals surface area contributed by atoms with E-state index in [0.717, 1.165) is 18.6 Å². The first-order chi connectivity index (χ1) is 10.0. The molecule has 3 rings (SSSR count). The number of hydrogen-bond acceptors (Lipinski definition) is 2. The van der Waals surface area contributed by atoms with E-state index in [1.54, 1.807) is 0 Å². The van der Waals surface area contributed by atoms with Crippen LogP contribution in [-0.4, -0.2) is 31.4 Å². The monoisotopic (exact) mass is 303 g/mol. The maximum Gasteiger partial charge on any atom is 0.184 e. The van der Waals surface area contributed by atoms with Gasteiger partial charge >= 0.3 is 0 Å². The van der Waals surface area contributed by atoms with E-state index in [1.807, 2.05) is 0 Å². The predicted octanol–water partition coefficient (Wildman–Crippen LogP) is 4.42. The smallest absolute Gasteiger partial charge is 0.184 e. The van der Waals surface area contributed by atoms with Crippen LogP contribution in [0.3, 0.4) is 0 Å². The molecule has 2 nitrogen and oxygen atoms in total. The van der Waals surface area contributed by atoms with Gasteiger partial charge in [-0.3, -0.25) is 4.90 Å². The number of nitrogens with zero attached hydrogens (tertiary/aromatic N) is 1. The minimum absolute atomic E-state index is 0.513. The second kappa shape index (κ2) is 6.23. The van der Waals surface area contributed by atoms with Crippen molar-refractivity contribution in [2.45, 2.75) is 76.5 Å². The van der Waals surface area contributed by atoms with Gasteiger partial charge in [-0.05, 0) is 50.9 Å². The van der Waals surface area contributed by atoms with Gasteiger partial charge in [-0.1, -0.05) is 36.8 Å². The van der Waals surface area contributed by atoms with E-state index >= 15 is 0 Å². The van der Waals surface area contributed by atoms with Crippen LogP contribution < -0.4 is 0 Å². The number of rotatable bonds is 4. The maximum atomic E-state index is 6.43. The molecule has 0 radical (unpaired) electrons. The minimum Gasteiger partial charge on any atom is -0.415 e. The fourth-order valence-electron chi connectivity index (χ4n) is 4.08. The Morgan fingerprint density at radius 3 is 2.24 bits per heavy atom. The summed E-state index contributed by atoms with van der Waals surface area (Å²) in [6.45, 7) is 8.08. The second-order valence-corrected chi connectivity index (χ2v) is 12.2. The highest BCUT2D eigenvalue weighted by Crippen LogP contribution is 2.37. The molecule has 2 saturated heterocycles. The van der Waals surface area contributed by atoms with Gasteiger partial charge in [-0.25, -0.2) is 0 Å². The summed E-state index contributed by atoms with van der Waals surface area (Å²) in [5.74, 6) is 0. The Kier molecular flexibility index (Phi) is 4.53. The zero-order valence-electron chi connectivity index (χ0n) is 13.7. The molecule has 0 aromatic heterocycles. The summed E-state index contributed by atoms with van der Waals surface area (Å²) in [7, 11) is -1.41. The maximum absolute atomic E-state index is 6.43. The van der Waals surface area contributed by atoms with E-state index in [0.29, 0.717) is 6.10 Å². The zero-order valence-corrected chi connectivity index (χ0v) is 14.7. The second-order valence-electron chi connectivity index (χ2n) is 7.72. The van der Waals surface area contributed by atoms with Crippen molar-refractivity contribution in [1.29, 1.82) is 0 Å². The van der Waals surface area contributed by atoms with Crippen LogP contribution in [-0.2, 0) is 11.0 Å². The SMILES string of the molecule is C[Si](C)(C)OC1CC2CCCC(C1)N2Cc1ccccc1. The first-order valence-corrected chi connectivity index (χ1v) is 11.9. The van der Waals surface area contributed by atoms with Gasteiger partial charge in [0, 0.05) is 24.7 Å². The largest absolute Gasteiger partial charge is 0.415 e. The van der Waals surface area contributed by atoms with Gasteiger partial charge in [0.15, 0.2) is 8.32 Å². The summed E-state index contributed by atoms with van der Waals surface area (Å²) in [6, 6.07) is 12.4. The number of benzene rings is 1. The van der Waals surface area contributed by atoms with Crippen LogP contribution in [0.25, 0.3) is 0 Å². The zero-order chi connectivity index (χ0) is 14.9. The molecule has 2 atom stereocenters. The van der Waals surface area contributed by atoms with Crippen molar-refractivity contribution in [3.05, 3.63) is 35.9 Å². The fourth-order valence-corrected chi connectivity index (χ4v) is 5.27. The number of hydrogen-bond donors (Lipinski definition) is 0. The molecule has 2 heterocycles. The van der Waals surface area contributed by atoms with Crippen LogP contribution in [0, 0.1) is 0 Å². The summed E-state index contributed by atoms with van der Waals surface area (Å²) in [5.41, 5.74) is 1.46. The topological polar surface area (TPSA) is 12.5 Å². The molecule has 116 valence electrons. The van der Waals surface area contributed by atoms with Crippen LogP contribution >= 0.6 is 0 Å². The summed E-state index contributed by atoms with van der Waals surface area (Å²) in [6.07, 6.45) is 7.12. The van der Waals surface area contributed by atoms with Gasteiger partial charge in [0.2, 0.25) is 0 Å². The molecule has 0 N–H and O–H groups in total. The van der Waals surface area contributed by atoms with E-state index in [-0.39, 0.29) is 0 Å². The lowest BCUT2D eigenvalue weighted by Crippen LogP contribution is -2.54. The molecule has 0 spiro atoms. The standard InChI is InChI=1S/C18H29NOSi/c1-21(2,3)20-18-12-16-10-7-11-17(13-18)19(16)14-15-8-5-4-6-9-15/h4-6,8-9,16-18H,7,10-14H2,1-3H3. The Bertz CT molecular complexity index is 442. The van der Waals surface area contributed by atoms with Gasteiger partial charge in [-0.2, -0.15) is 0 Å². The first-order valence-electron chi connectivity index (χ1n) is 8.49. The molecule has 2 bridgehead atoms. The van der Waals surface area contributed by atoms with Crippen molar-refractivity contribution in [2.75, 3.05) is 0 Å². The van der Waals surface area contributed by atoms with Crippen LogP contribution in [0.5, 0.6) is 0 Å². The molecule has 1 aromatic rings. The fraction of sp³-hybridized carbons (Fsp3) is 0.667. The van der Waals surface area contributed by atoms with E-state index < -0.39 is 8.32 Å². The van der Waals surface area contributed by atoms with Gasteiger partial charge in [0.25, 0.3) is 0 Å². The molecule has 0 amide bonds. The molecule has 2 aliphatic heterocycles. The Morgan fingerprint density at radius 1 is 1.05 bits per heavy atom. The number of fused-ring (bicyclic) bond motifs is 2. The summed E-state index contributed by atoms with van der Waals surface area (Å²) in [5, 5.41) is 0. The van der Waals surface area contributed by atoms with Gasteiger partial charge in [-0.15, -0.1) is 0 Å². The molecule has 21 heavy (non-hydrogen) atoms. The molecule has 1 aromatic carbocycles. The average molecular weight is 304 g/mol. The van der Waals surface area contributed by atoms with Crippen molar-refractivity contribution >= 4 is 8.32 Å². The van der Waals surface area contributed by atoms with Gasteiger partial charge < -0.3 is 4.43 Å². The Morgan fingerprint density at radius 2 is 1.67 bits per heavy atom. The van der Waals surface area contributed by atoms with E-state index in [9.17, 15) is 0 Å².